The summed E-state index contributed by atoms with van der Waals surface area (Å²) in [5.74, 6) is 0.448. The van der Waals surface area contributed by atoms with Gasteiger partial charge in [0, 0.05) is 45.2 Å². The molecule has 0 N–H and O–H groups in total. The van der Waals surface area contributed by atoms with Crippen LogP contribution in [0.2, 0.25) is 0 Å². The van der Waals surface area contributed by atoms with E-state index in [4.69, 9.17) is 9.47 Å². The highest BCUT2D eigenvalue weighted by Crippen LogP contribution is 2.31. The van der Waals surface area contributed by atoms with E-state index in [1.54, 1.807) is 6.20 Å². The van der Waals surface area contributed by atoms with Gasteiger partial charge in [-0.15, -0.1) is 0 Å². The van der Waals surface area contributed by atoms with Gasteiger partial charge in [-0.3, -0.25) is 4.79 Å². The average Bonchev–Trinajstić information content (AvgIpc) is 3.21. The van der Waals surface area contributed by atoms with Crippen molar-refractivity contribution in [1.82, 2.24) is 9.88 Å². The third-order valence-corrected chi connectivity index (χ3v) is 5.54. The first-order chi connectivity index (χ1) is 13.7. The molecule has 1 aromatic heterocycles. The zero-order chi connectivity index (χ0) is 19.4. The molecule has 2 fully saturated rings. The Bertz CT molecular complexity index is 778. The molecule has 3 heterocycles. The maximum Gasteiger partial charge on any atom is 0.255 e. The van der Waals surface area contributed by atoms with Crippen LogP contribution in [-0.2, 0) is 16.0 Å². The van der Waals surface area contributed by atoms with Crippen LogP contribution >= 0.6 is 0 Å². The van der Waals surface area contributed by atoms with Crippen molar-refractivity contribution in [2.24, 2.45) is 0 Å². The van der Waals surface area contributed by atoms with Gasteiger partial charge in [0.2, 0.25) is 0 Å². The van der Waals surface area contributed by atoms with Crippen molar-refractivity contribution >= 4 is 11.7 Å². The molecule has 0 bridgehead atoms. The number of hydrogen-bond acceptors (Lipinski definition) is 5. The smallest absolute Gasteiger partial charge is 0.255 e. The quantitative estimate of drug-likeness (QED) is 0.797. The van der Waals surface area contributed by atoms with E-state index >= 15 is 0 Å². The van der Waals surface area contributed by atoms with Crippen LogP contribution in [0.15, 0.2) is 48.7 Å². The summed E-state index contributed by atoms with van der Waals surface area (Å²) in [6, 6.07) is 14.2. The van der Waals surface area contributed by atoms with Gasteiger partial charge in [-0.25, -0.2) is 4.98 Å². The molecule has 0 saturated carbocycles. The second-order valence-electron chi connectivity index (χ2n) is 7.30. The molecule has 0 unspecified atom stereocenters. The Morgan fingerprint density at radius 2 is 1.82 bits per heavy atom. The standard InChI is InChI=1S/C22H27N3O3/c1-2-24(17-18-6-4-3-5-7-18)20-9-8-19(16-23-20)21(26)25-12-10-22(11-13-25)27-14-15-28-22/h3-9,16H,2,10-15,17H2,1H3. The molecule has 28 heavy (non-hydrogen) atoms. The summed E-state index contributed by atoms with van der Waals surface area (Å²) in [6.07, 6.45) is 3.15. The molecular weight excluding hydrogens is 354 g/mol. The summed E-state index contributed by atoms with van der Waals surface area (Å²) in [5.41, 5.74) is 1.87. The summed E-state index contributed by atoms with van der Waals surface area (Å²) in [7, 11) is 0. The highest BCUT2D eigenvalue weighted by atomic mass is 16.7. The number of aromatic nitrogens is 1. The van der Waals surface area contributed by atoms with Crippen LogP contribution in [-0.4, -0.2) is 54.4 Å². The molecule has 2 aliphatic heterocycles. The van der Waals surface area contributed by atoms with Gasteiger partial charge in [0.25, 0.3) is 5.91 Å². The second-order valence-corrected chi connectivity index (χ2v) is 7.30. The van der Waals surface area contributed by atoms with Crippen molar-refractivity contribution in [3.63, 3.8) is 0 Å². The minimum Gasteiger partial charge on any atom is -0.353 e. The van der Waals surface area contributed by atoms with Crippen molar-refractivity contribution in [3.8, 4) is 0 Å². The van der Waals surface area contributed by atoms with Gasteiger partial charge in [-0.2, -0.15) is 0 Å². The van der Waals surface area contributed by atoms with Crippen LogP contribution in [0.25, 0.3) is 0 Å². The van der Waals surface area contributed by atoms with Crippen molar-refractivity contribution in [1.29, 1.82) is 0 Å². The lowest BCUT2D eigenvalue weighted by molar-refractivity contribution is -0.181. The van der Waals surface area contributed by atoms with Crippen LogP contribution in [0.3, 0.4) is 0 Å². The first kappa shape index (κ1) is 18.9. The van der Waals surface area contributed by atoms with Gasteiger partial charge < -0.3 is 19.3 Å². The van der Waals surface area contributed by atoms with E-state index in [2.05, 4.69) is 28.9 Å². The zero-order valence-electron chi connectivity index (χ0n) is 16.3. The Morgan fingerprint density at radius 1 is 1.11 bits per heavy atom. The van der Waals surface area contributed by atoms with E-state index in [-0.39, 0.29) is 5.91 Å². The number of amides is 1. The maximum atomic E-state index is 12.8. The number of nitrogens with zero attached hydrogens (tertiary/aromatic N) is 3. The largest absolute Gasteiger partial charge is 0.353 e. The lowest BCUT2D eigenvalue weighted by Gasteiger charge is -2.37. The van der Waals surface area contributed by atoms with Crippen molar-refractivity contribution in [3.05, 3.63) is 59.8 Å². The number of hydrogen-bond donors (Lipinski definition) is 0. The molecule has 2 saturated heterocycles. The third kappa shape index (κ3) is 4.03. The molecular formula is C22H27N3O3. The third-order valence-electron chi connectivity index (χ3n) is 5.54. The van der Waals surface area contributed by atoms with Gasteiger partial charge in [-0.1, -0.05) is 30.3 Å². The number of likely N-dealkylation sites (tertiary alicyclic amines) is 1. The molecule has 0 atom stereocenters. The molecule has 6 heteroatoms. The number of anilines is 1. The highest BCUT2D eigenvalue weighted by Gasteiger charge is 2.40. The molecule has 148 valence electrons. The molecule has 0 radical (unpaired) electrons. The van der Waals surface area contributed by atoms with Crippen molar-refractivity contribution in [2.75, 3.05) is 37.7 Å². The Kier molecular flexibility index (Phi) is 5.59. The number of rotatable bonds is 5. The topological polar surface area (TPSA) is 54.9 Å². The summed E-state index contributed by atoms with van der Waals surface area (Å²) >= 11 is 0. The highest BCUT2D eigenvalue weighted by molar-refractivity contribution is 5.94. The van der Waals surface area contributed by atoms with Crippen molar-refractivity contribution in [2.45, 2.75) is 32.1 Å². The average molecular weight is 381 g/mol. The van der Waals surface area contributed by atoms with Crippen molar-refractivity contribution < 1.29 is 14.3 Å². The number of carbonyl (C=O) groups excluding carboxylic acids is 1. The Morgan fingerprint density at radius 3 is 2.43 bits per heavy atom. The molecule has 1 spiro atoms. The van der Waals surface area contributed by atoms with Gasteiger partial charge in [0.15, 0.2) is 5.79 Å². The number of ether oxygens (including phenoxy) is 2. The summed E-state index contributed by atoms with van der Waals surface area (Å²) in [5, 5.41) is 0. The van der Waals surface area contributed by atoms with Crippen LogP contribution in [0.4, 0.5) is 5.82 Å². The zero-order valence-corrected chi connectivity index (χ0v) is 16.3. The van der Waals surface area contributed by atoms with Gasteiger partial charge in [-0.05, 0) is 24.6 Å². The minimum absolute atomic E-state index is 0.0259. The van der Waals surface area contributed by atoms with E-state index in [0.717, 1.165) is 31.7 Å². The van der Waals surface area contributed by atoms with Gasteiger partial charge in [0.05, 0.1) is 18.8 Å². The second kappa shape index (κ2) is 8.29. The maximum absolute atomic E-state index is 12.8. The normalized spacial score (nSPS) is 18.4. The van der Waals surface area contributed by atoms with Crippen LogP contribution in [0.1, 0.15) is 35.7 Å². The lowest BCUT2D eigenvalue weighted by Crippen LogP contribution is -2.47. The Hall–Kier alpha value is -2.44. The predicted octanol–water partition coefficient (Wildman–Crippen LogP) is 3.09. The number of piperidine rings is 1. The minimum atomic E-state index is -0.460. The molecule has 6 nitrogen and oxygen atoms in total. The van der Waals surface area contributed by atoms with E-state index in [0.29, 0.717) is 31.9 Å². The van der Waals surface area contributed by atoms with Crippen LogP contribution in [0, 0.1) is 0 Å². The molecule has 0 aliphatic carbocycles. The Labute approximate surface area is 166 Å². The van der Waals surface area contributed by atoms with E-state index < -0.39 is 5.79 Å². The molecule has 1 amide bonds. The SMILES string of the molecule is CCN(Cc1ccccc1)c1ccc(C(=O)N2CCC3(CC2)OCCO3)cn1. The molecule has 4 rings (SSSR count). The fourth-order valence-corrected chi connectivity index (χ4v) is 3.88. The summed E-state index contributed by atoms with van der Waals surface area (Å²) < 4.78 is 11.5. The lowest BCUT2D eigenvalue weighted by atomic mass is 10.0. The van der Waals surface area contributed by atoms with Gasteiger partial charge >= 0.3 is 0 Å². The van der Waals surface area contributed by atoms with E-state index in [1.165, 1.54) is 5.56 Å². The first-order valence-electron chi connectivity index (χ1n) is 10.0. The first-order valence-corrected chi connectivity index (χ1v) is 10.0. The fourth-order valence-electron chi connectivity index (χ4n) is 3.88. The molecule has 2 aromatic rings. The van der Waals surface area contributed by atoms with Gasteiger partial charge in [0.1, 0.15) is 5.82 Å². The number of pyridine rings is 1. The summed E-state index contributed by atoms with van der Waals surface area (Å²) in [4.78, 5) is 21.5. The molecule has 2 aliphatic rings. The van der Waals surface area contributed by atoms with E-state index in [1.807, 2.05) is 35.2 Å². The van der Waals surface area contributed by atoms with Crippen LogP contribution < -0.4 is 4.90 Å². The molecule has 1 aromatic carbocycles. The van der Waals surface area contributed by atoms with E-state index in [9.17, 15) is 4.79 Å². The number of benzene rings is 1. The summed E-state index contributed by atoms with van der Waals surface area (Å²) in [6.45, 7) is 6.35. The van der Waals surface area contributed by atoms with Crippen LogP contribution in [0.5, 0.6) is 0 Å². The predicted molar refractivity (Wildman–Crippen MR) is 107 cm³/mol. The monoisotopic (exact) mass is 381 g/mol. The Balaban J connectivity index is 1.39. The fraction of sp³-hybridized carbons (Fsp3) is 0.455. The number of carbonyl (C=O) groups is 1.